The Labute approximate surface area is 194 Å². The number of benzene rings is 3. The molecule has 0 amide bonds. The molecule has 1 aliphatic rings. The second-order valence-corrected chi connectivity index (χ2v) is 8.55. The first-order valence-electron chi connectivity index (χ1n) is 11.2. The van der Waals surface area contributed by atoms with E-state index in [2.05, 4.69) is 11.8 Å². The molecule has 0 aliphatic heterocycles. The molecule has 0 heterocycles. The fourth-order valence-electron chi connectivity index (χ4n) is 4.42. The topological polar surface area (TPSA) is 0 Å². The van der Waals surface area contributed by atoms with E-state index < -0.39 is 34.9 Å². The number of halogens is 6. The van der Waals surface area contributed by atoms with Gasteiger partial charge in [-0.25, -0.2) is 26.3 Å². The summed E-state index contributed by atoms with van der Waals surface area (Å²) < 4.78 is 84.2. The van der Waals surface area contributed by atoms with E-state index in [4.69, 9.17) is 0 Å². The molecule has 176 valence electrons. The van der Waals surface area contributed by atoms with Crippen molar-refractivity contribution in [2.45, 2.75) is 51.4 Å². The van der Waals surface area contributed by atoms with Gasteiger partial charge in [0.05, 0.1) is 5.56 Å². The average Bonchev–Trinajstić information content (AvgIpc) is 2.82. The maximum absolute atomic E-state index is 15.1. The number of hydrogen-bond acceptors (Lipinski definition) is 0. The minimum atomic E-state index is -1.59. The Morgan fingerprint density at radius 3 is 2.26 bits per heavy atom. The number of fused-ring (bicyclic) bond motifs is 1. The molecule has 1 aliphatic carbocycles. The van der Waals surface area contributed by atoms with Crippen molar-refractivity contribution in [2.24, 2.45) is 0 Å². The van der Waals surface area contributed by atoms with E-state index in [0.29, 0.717) is 47.9 Å². The van der Waals surface area contributed by atoms with E-state index in [9.17, 15) is 22.0 Å². The lowest BCUT2D eigenvalue weighted by Crippen LogP contribution is -2.17. The van der Waals surface area contributed by atoms with Crippen molar-refractivity contribution in [3.63, 3.8) is 0 Å². The van der Waals surface area contributed by atoms with Gasteiger partial charge in [0.2, 0.25) is 0 Å². The van der Waals surface area contributed by atoms with Gasteiger partial charge in [0.15, 0.2) is 29.1 Å². The van der Waals surface area contributed by atoms with E-state index in [-0.39, 0.29) is 17.0 Å². The molecule has 0 fully saturated rings. The highest BCUT2D eigenvalue weighted by Crippen LogP contribution is 2.36. The van der Waals surface area contributed by atoms with Crippen molar-refractivity contribution in [3.05, 3.63) is 105 Å². The molecule has 3 aromatic rings. The molecule has 1 unspecified atom stereocenters. The zero-order chi connectivity index (χ0) is 24.4. The second-order valence-electron chi connectivity index (χ2n) is 8.55. The first-order valence-corrected chi connectivity index (χ1v) is 11.2. The number of unbranched alkanes of at least 4 members (excludes halogenated alkanes) is 1. The summed E-state index contributed by atoms with van der Waals surface area (Å²) in [4.78, 5) is 0. The SMILES string of the molecule is CCCCc1ccc(C2CCc3c(ccc(C#Cc4cc(F)c(F)c(F)c4)c3F)C2)c(F)c1F. The number of aryl methyl sites for hydroxylation is 1. The van der Waals surface area contributed by atoms with Crippen LogP contribution in [0.1, 0.15) is 65.5 Å². The lowest BCUT2D eigenvalue weighted by atomic mass is 9.79. The van der Waals surface area contributed by atoms with Crippen molar-refractivity contribution < 1.29 is 26.3 Å². The van der Waals surface area contributed by atoms with Gasteiger partial charge >= 0.3 is 0 Å². The van der Waals surface area contributed by atoms with Crippen molar-refractivity contribution in [1.82, 2.24) is 0 Å². The van der Waals surface area contributed by atoms with Crippen LogP contribution in [0.2, 0.25) is 0 Å². The first kappa shape index (κ1) is 23.9. The van der Waals surface area contributed by atoms with Gasteiger partial charge in [0, 0.05) is 5.56 Å². The maximum atomic E-state index is 15.1. The minimum absolute atomic E-state index is 0.0415. The minimum Gasteiger partial charge on any atom is -0.205 e. The largest absolute Gasteiger partial charge is 0.205 e. The molecule has 0 radical (unpaired) electrons. The van der Waals surface area contributed by atoms with E-state index in [1.54, 1.807) is 18.2 Å². The highest BCUT2D eigenvalue weighted by Gasteiger charge is 2.27. The number of rotatable bonds is 4. The van der Waals surface area contributed by atoms with Gasteiger partial charge in [-0.3, -0.25) is 0 Å². The summed E-state index contributed by atoms with van der Waals surface area (Å²) in [5.74, 6) is -1.79. The van der Waals surface area contributed by atoms with Crippen LogP contribution >= 0.6 is 0 Å². The Bertz CT molecular complexity index is 1280. The van der Waals surface area contributed by atoms with Gasteiger partial charge in [-0.1, -0.05) is 43.4 Å². The standard InChI is InChI=1S/C28H22F6/c1-2-3-4-17-9-11-22(27(33)26(17)32)20-10-12-21-19(15-20)8-7-18(25(21)31)6-5-16-13-23(29)28(34)24(30)14-16/h7-9,11,13-14,20H,2-4,10,12,15H2,1H3. The maximum Gasteiger partial charge on any atom is 0.194 e. The molecule has 34 heavy (non-hydrogen) atoms. The van der Waals surface area contributed by atoms with Crippen LogP contribution in [0, 0.1) is 46.7 Å². The van der Waals surface area contributed by atoms with E-state index in [0.717, 1.165) is 25.0 Å². The summed E-state index contributed by atoms with van der Waals surface area (Å²) in [6.07, 6.45) is 3.28. The second kappa shape index (κ2) is 9.97. The summed E-state index contributed by atoms with van der Waals surface area (Å²) in [6.45, 7) is 1.99. The molecule has 0 saturated heterocycles. The molecule has 6 heteroatoms. The summed E-state index contributed by atoms with van der Waals surface area (Å²) in [6, 6.07) is 7.89. The third-order valence-corrected chi connectivity index (χ3v) is 6.31. The van der Waals surface area contributed by atoms with Crippen molar-refractivity contribution in [3.8, 4) is 11.8 Å². The summed E-state index contributed by atoms with van der Waals surface area (Å²) >= 11 is 0. The van der Waals surface area contributed by atoms with Crippen molar-refractivity contribution in [2.75, 3.05) is 0 Å². The highest BCUT2D eigenvalue weighted by atomic mass is 19.2. The molecular weight excluding hydrogens is 450 g/mol. The Hall–Kier alpha value is -3.20. The van der Waals surface area contributed by atoms with E-state index in [1.165, 1.54) is 6.07 Å². The molecule has 0 nitrogen and oxygen atoms in total. The normalized spacial score (nSPS) is 15.0. The lowest BCUT2D eigenvalue weighted by Gasteiger charge is -2.26. The van der Waals surface area contributed by atoms with Crippen molar-refractivity contribution >= 4 is 0 Å². The molecule has 3 aromatic carbocycles. The Balaban J connectivity index is 1.57. The van der Waals surface area contributed by atoms with Gasteiger partial charge in [-0.05, 0) is 78.5 Å². The smallest absolute Gasteiger partial charge is 0.194 e. The summed E-state index contributed by atoms with van der Waals surface area (Å²) in [5.41, 5.74) is 1.73. The predicted molar refractivity (Wildman–Crippen MR) is 118 cm³/mol. The van der Waals surface area contributed by atoms with Gasteiger partial charge < -0.3 is 0 Å². The van der Waals surface area contributed by atoms with Crippen LogP contribution in [0.3, 0.4) is 0 Å². The van der Waals surface area contributed by atoms with Crippen LogP contribution < -0.4 is 0 Å². The van der Waals surface area contributed by atoms with Crippen LogP contribution in [-0.4, -0.2) is 0 Å². The fraction of sp³-hybridized carbons (Fsp3) is 0.286. The molecule has 0 N–H and O–H groups in total. The zero-order valence-corrected chi connectivity index (χ0v) is 18.6. The Kier molecular flexibility index (Phi) is 7.02. The van der Waals surface area contributed by atoms with Crippen LogP contribution in [0.4, 0.5) is 26.3 Å². The monoisotopic (exact) mass is 472 g/mol. The van der Waals surface area contributed by atoms with Crippen LogP contribution in [0.25, 0.3) is 0 Å². The summed E-state index contributed by atoms with van der Waals surface area (Å²) in [5, 5.41) is 0. The first-order chi connectivity index (χ1) is 16.3. The van der Waals surface area contributed by atoms with Crippen LogP contribution in [0.5, 0.6) is 0 Å². The fourth-order valence-corrected chi connectivity index (χ4v) is 4.42. The highest BCUT2D eigenvalue weighted by molar-refractivity contribution is 5.48. The molecule has 0 bridgehead atoms. The van der Waals surface area contributed by atoms with Crippen LogP contribution in [-0.2, 0) is 19.3 Å². The molecular formula is C28H22F6. The van der Waals surface area contributed by atoms with Gasteiger partial charge in [0.25, 0.3) is 0 Å². The predicted octanol–water partition coefficient (Wildman–Crippen LogP) is 7.54. The summed E-state index contributed by atoms with van der Waals surface area (Å²) in [7, 11) is 0. The van der Waals surface area contributed by atoms with Gasteiger partial charge in [-0.15, -0.1) is 0 Å². The number of hydrogen-bond donors (Lipinski definition) is 0. The van der Waals surface area contributed by atoms with E-state index in [1.807, 2.05) is 6.92 Å². The van der Waals surface area contributed by atoms with Crippen molar-refractivity contribution in [1.29, 1.82) is 0 Å². The van der Waals surface area contributed by atoms with Gasteiger partial charge in [0.1, 0.15) is 5.82 Å². The quantitative estimate of drug-likeness (QED) is 0.209. The zero-order valence-electron chi connectivity index (χ0n) is 18.6. The molecule has 4 rings (SSSR count). The Morgan fingerprint density at radius 2 is 1.56 bits per heavy atom. The third-order valence-electron chi connectivity index (χ3n) is 6.31. The average molecular weight is 472 g/mol. The van der Waals surface area contributed by atoms with Crippen LogP contribution in [0.15, 0.2) is 36.4 Å². The van der Waals surface area contributed by atoms with Gasteiger partial charge in [-0.2, -0.15) is 0 Å². The third kappa shape index (κ3) is 4.70. The molecule has 0 saturated carbocycles. The molecule has 0 aromatic heterocycles. The lowest BCUT2D eigenvalue weighted by molar-refractivity contribution is 0.446. The Morgan fingerprint density at radius 1 is 0.824 bits per heavy atom. The molecule has 1 atom stereocenters. The van der Waals surface area contributed by atoms with E-state index >= 15 is 4.39 Å². The molecule has 0 spiro atoms.